The molecule has 6 nitrogen and oxygen atoms in total. The van der Waals surface area contributed by atoms with Crippen molar-refractivity contribution in [3.63, 3.8) is 0 Å². The summed E-state index contributed by atoms with van der Waals surface area (Å²) in [5.41, 5.74) is 1.37. The Morgan fingerprint density at radius 1 is 1.29 bits per heavy atom. The molecule has 0 atom stereocenters. The van der Waals surface area contributed by atoms with E-state index in [1.165, 1.54) is 34.0 Å². The van der Waals surface area contributed by atoms with Crippen molar-refractivity contribution in [3.8, 4) is 0 Å². The zero-order valence-corrected chi connectivity index (χ0v) is 13.8. The Morgan fingerprint density at radius 2 is 1.96 bits per heavy atom. The maximum Gasteiger partial charge on any atom is 0.273 e. The molecule has 0 saturated carbocycles. The second-order valence-corrected chi connectivity index (χ2v) is 5.30. The Bertz CT molecular complexity index is 763. The van der Waals surface area contributed by atoms with Crippen LogP contribution < -0.4 is 5.32 Å². The summed E-state index contributed by atoms with van der Waals surface area (Å²) in [4.78, 5) is 25.7. The summed E-state index contributed by atoms with van der Waals surface area (Å²) in [6, 6.07) is 5.76. The molecule has 0 radical (unpaired) electrons. The third-order valence-electron chi connectivity index (χ3n) is 3.30. The Labute approximate surface area is 139 Å². The van der Waals surface area contributed by atoms with Gasteiger partial charge in [-0.05, 0) is 30.7 Å². The van der Waals surface area contributed by atoms with Gasteiger partial charge in [0.15, 0.2) is 0 Å². The highest BCUT2D eigenvalue weighted by Crippen LogP contribution is 2.17. The average molecular weight is 330 g/mol. The highest BCUT2D eigenvalue weighted by molar-refractivity contribution is 6.06. The van der Waals surface area contributed by atoms with E-state index in [-0.39, 0.29) is 11.7 Å². The van der Waals surface area contributed by atoms with Crippen LogP contribution in [0.25, 0.3) is 6.08 Å². The van der Waals surface area contributed by atoms with Gasteiger partial charge >= 0.3 is 0 Å². The largest absolute Gasteiger partial charge is 0.343 e. The summed E-state index contributed by atoms with van der Waals surface area (Å²) < 4.78 is 14.4. The van der Waals surface area contributed by atoms with Crippen molar-refractivity contribution >= 4 is 23.6 Å². The van der Waals surface area contributed by atoms with E-state index in [0.29, 0.717) is 23.5 Å². The first-order chi connectivity index (χ1) is 11.4. The van der Waals surface area contributed by atoms with Gasteiger partial charge in [0.1, 0.15) is 11.5 Å². The maximum absolute atomic E-state index is 12.8. The van der Waals surface area contributed by atoms with Crippen LogP contribution in [0.5, 0.6) is 0 Å². The topological polar surface area (TPSA) is 67.2 Å². The number of aryl methyl sites for hydroxylation is 1. The molecular weight excluding hydrogens is 311 g/mol. The fraction of sp³-hybridized carbons (Fsp3) is 0.235. The van der Waals surface area contributed by atoms with E-state index in [9.17, 15) is 14.0 Å². The molecule has 1 heterocycles. The molecule has 0 aliphatic rings. The third-order valence-corrected chi connectivity index (χ3v) is 3.30. The summed E-state index contributed by atoms with van der Waals surface area (Å²) in [6.45, 7) is 2.37. The number of halogens is 1. The van der Waals surface area contributed by atoms with Crippen LogP contribution in [0.4, 0.5) is 10.1 Å². The Kier molecular flexibility index (Phi) is 5.47. The first-order valence-corrected chi connectivity index (χ1v) is 7.44. The number of rotatable bonds is 5. The number of benzene rings is 1. The minimum atomic E-state index is -0.400. The number of anilines is 1. The molecule has 2 aromatic rings. The van der Waals surface area contributed by atoms with Crippen LogP contribution in [0, 0.1) is 5.82 Å². The minimum Gasteiger partial charge on any atom is -0.343 e. The van der Waals surface area contributed by atoms with Crippen LogP contribution in [0.3, 0.4) is 0 Å². The Hall–Kier alpha value is -2.96. The molecule has 0 aliphatic carbocycles. The molecule has 1 N–H and O–H groups in total. The highest BCUT2D eigenvalue weighted by atomic mass is 19.1. The minimum absolute atomic E-state index is 0.243. The SMILES string of the molecule is CCn1ncc(NC(=O)/C=C/c2ccc(F)cc2)c1C(=O)N(C)C. The van der Waals surface area contributed by atoms with Crippen molar-refractivity contribution in [2.45, 2.75) is 13.5 Å². The molecule has 2 rings (SSSR count). The second kappa shape index (κ2) is 7.54. The number of hydrogen-bond donors (Lipinski definition) is 1. The van der Waals surface area contributed by atoms with Gasteiger partial charge in [-0.25, -0.2) is 4.39 Å². The van der Waals surface area contributed by atoms with E-state index in [1.54, 1.807) is 32.3 Å². The molecule has 0 bridgehead atoms. The van der Waals surface area contributed by atoms with Gasteiger partial charge in [0.25, 0.3) is 5.91 Å². The third kappa shape index (κ3) is 4.07. The molecule has 0 saturated heterocycles. The Morgan fingerprint density at radius 3 is 2.54 bits per heavy atom. The molecule has 1 aromatic carbocycles. The van der Waals surface area contributed by atoms with Crippen LogP contribution in [-0.2, 0) is 11.3 Å². The standard InChI is InChI=1S/C17H19FN4O2/c1-4-22-16(17(24)21(2)3)14(11-19-22)20-15(23)10-7-12-5-8-13(18)9-6-12/h5-11H,4H2,1-3H3,(H,20,23)/b10-7+. The number of amides is 2. The molecular formula is C17H19FN4O2. The lowest BCUT2D eigenvalue weighted by molar-refractivity contribution is -0.111. The predicted molar refractivity (Wildman–Crippen MR) is 90.0 cm³/mol. The fourth-order valence-corrected chi connectivity index (χ4v) is 2.07. The van der Waals surface area contributed by atoms with Crippen LogP contribution in [0.2, 0.25) is 0 Å². The molecule has 126 valence electrons. The number of nitrogens with zero attached hydrogens (tertiary/aromatic N) is 3. The van der Waals surface area contributed by atoms with E-state index < -0.39 is 5.91 Å². The van der Waals surface area contributed by atoms with Gasteiger partial charge in [0.2, 0.25) is 5.91 Å². The quantitative estimate of drug-likeness (QED) is 0.856. The van der Waals surface area contributed by atoms with Crippen molar-refractivity contribution in [2.75, 3.05) is 19.4 Å². The van der Waals surface area contributed by atoms with Crippen LogP contribution in [0.15, 0.2) is 36.5 Å². The molecule has 1 aromatic heterocycles. The number of nitrogens with one attached hydrogen (secondary N) is 1. The molecule has 7 heteroatoms. The second-order valence-electron chi connectivity index (χ2n) is 5.30. The fourth-order valence-electron chi connectivity index (χ4n) is 2.07. The number of aromatic nitrogens is 2. The zero-order chi connectivity index (χ0) is 17.7. The monoisotopic (exact) mass is 330 g/mol. The van der Waals surface area contributed by atoms with Crippen molar-refractivity contribution in [3.05, 3.63) is 53.6 Å². The molecule has 0 fully saturated rings. The van der Waals surface area contributed by atoms with Crippen molar-refractivity contribution < 1.29 is 14.0 Å². The van der Waals surface area contributed by atoms with Gasteiger partial charge in [-0.2, -0.15) is 5.10 Å². The first kappa shape index (κ1) is 17.4. The summed E-state index contributed by atoms with van der Waals surface area (Å²) in [7, 11) is 3.27. The van der Waals surface area contributed by atoms with Crippen LogP contribution in [-0.4, -0.2) is 40.6 Å². The zero-order valence-electron chi connectivity index (χ0n) is 13.8. The summed E-state index contributed by atoms with van der Waals surface area (Å²) in [5.74, 6) is -0.981. The normalized spacial score (nSPS) is 10.8. The number of carbonyl (C=O) groups is 2. The lowest BCUT2D eigenvalue weighted by Gasteiger charge is -2.13. The van der Waals surface area contributed by atoms with E-state index >= 15 is 0 Å². The maximum atomic E-state index is 12.8. The summed E-state index contributed by atoms with van der Waals surface area (Å²) in [6.07, 6.45) is 4.33. The van der Waals surface area contributed by atoms with Crippen LogP contribution >= 0.6 is 0 Å². The molecule has 0 spiro atoms. The predicted octanol–water partition coefficient (Wildman–Crippen LogP) is 2.40. The van der Waals surface area contributed by atoms with Gasteiger partial charge in [0.05, 0.1) is 11.9 Å². The number of hydrogen-bond acceptors (Lipinski definition) is 3. The van der Waals surface area contributed by atoms with Gasteiger partial charge < -0.3 is 10.2 Å². The van der Waals surface area contributed by atoms with E-state index in [1.807, 2.05) is 6.92 Å². The van der Waals surface area contributed by atoms with Crippen molar-refractivity contribution in [1.82, 2.24) is 14.7 Å². The van der Waals surface area contributed by atoms with Gasteiger partial charge in [-0.15, -0.1) is 0 Å². The Balaban J connectivity index is 2.15. The van der Waals surface area contributed by atoms with E-state index in [2.05, 4.69) is 10.4 Å². The molecule has 0 unspecified atom stereocenters. The van der Waals surface area contributed by atoms with Crippen molar-refractivity contribution in [2.24, 2.45) is 0 Å². The highest BCUT2D eigenvalue weighted by Gasteiger charge is 2.20. The lowest BCUT2D eigenvalue weighted by atomic mass is 10.2. The van der Waals surface area contributed by atoms with E-state index in [0.717, 1.165) is 0 Å². The average Bonchev–Trinajstić information content (AvgIpc) is 2.96. The summed E-state index contributed by atoms with van der Waals surface area (Å²) >= 11 is 0. The smallest absolute Gasteiger partial charge is 0.273 e. The van der Waals surface area contributed by atoms with Crippen molar-refractivity contribution in [1.29, 1.82) is 0 Å². The molecule has 24 heavy (non-hydrogen) atoms. The lowest BCUT2D eigenvalue weighted by Crippen LogP contribution is -2.26. The first-order valence-electron chi connectivity index (χ1n) is 7.44. The van der Waals surface area contributed by atoms with Gasteiger partial charge in [-0.1, -0.05) is 12.1 Å². The van der Waals surface area contributed by atoms with E-state index in [4.69, 9.17) is 0 Å². The molecule has 2 amide bonds. The van der Waals surface area contributed by atoms with Gasteiger partial charge in [-0.3, -0.25) is 14.3 Å². The molecule has 0 aliphatic heterocycles. The van der Waals surface area contributed by atoms with Crippen LogP contribution in [0.1, 0.15) is 23.0 Å². The number of carbonyl (C=O) groups excluding carboxylic acids is 2. The van der Waals surface area contributed by atoms with Gasteiger partial charge in [0, 0.05) is 26.7 Å². The summed E-state index contributed by atoms with van der Waals surface area (Å²) in [5, 5.41) is 6.76.